The van der Waals surface area contributed by atoms with Crippen LogP contribution in [0, 0.1) is 0 Å². The fourth-order valence-electron chi connectivity index (χ4n) is 1.99. The maximum Gasteiger partial charge on any atom is 0.328 e. The van der Waals surface area contributed by atoms with Crippen molar-refractivity contribution in [2.75, 3.05) is 11.4 Å². The van der Waals surface area contributed by atoms with Crippen LogP contribution in [0.3, 0.4) is 0 Å². The standard InChI is InChI=1S/C15H21NO2/c1-4-12(3)16(5-2)14-9-7-6-8-13(14)10-11-15(17)18/h6-12H,4-5H2,1-3H3,(H,17,18)/b11-10+. The lowest BCUT2D eigenvalue weighted by Gasteiger charge is -2.30. The molecule has 1 unspecified atom stereocenters. The van der Waals surface area contributed by atoms with Crippen molar-refractivity contribution in [3.63, 3.8) is 0 Å². The molecule has 0 saturated heterocycles. The van der Waals surface area contributed by atoms with E-state index in [2.05, 4.69) is 25.7 Å². The lowest BCUT2D eigenvalue weighted by molar-refractivity contribution is -0.131. The minimum Gasteiger partial charge on any atom is -0.478 e. The van der Waals surface area contributed by atoms with Crippen molar-refractivity contribution in [1.82, 2.24) is 0 Å². The number of hydrogen-bond donors (Lipinski definition) is 1. The maximum atomic E-state index is 10.6. The van der Waals surface area contributed by atoms with Crippen LogP contribution in [0.25, 0.3) is 6.08 Å². The molecule has 98 valence electrons. The van der Waals surface area contributed by atoms with E-state index < -0.39 is 5.97 Å². The fourth-order valence-corrected chi connectivity index (χ4v) is 1.99. The van der Waals surface area contributed by atoms with Gasteiger partial charge in [-0.2, -0.15) is 0 Å². The number of anilines is 1. The highest BCUT2D eigenvalue weighted by Crippen LogP contribution is 2.24. The zero-order valence-corrected chi connectivity index (χ0v) is 11.3. The van der Waals surface area contributed by atoms with Crippen LogP contribution < -0.4 is 4.90 Å². The Balaban J connectivity index is 3.10. The molecular formula is C15H21NO2. The van der Waals surface area contributed by atoms with Gasteiger partial charge < -0.3 is 10.0 Å². The zero-order valence-electron chi connectivity index (χ0n) is 11.3. The Kier molecular flexibility index (Phi) is 5.43. The van der Waals surface area contributed by atoms with E-state index in [-0.39, 0.29) is 0 Å². The Morgan fingerprint density at radius 1 is 1.39 bits per heavy atom. The zero-order chi connectivity index (χ0) is 13.5. The van der Waals surface area contributed by atoms with E-state index in [0.29, 0.717) is 6.04 Å². The third kappa shape index (κ3) is 3.62. The SMILES string of the molecule is CCC(C)N(CC)c1ccccc1/C=C/C(=O)O. The number of para-hydroxylation sites is 1. The number of nitrogens with zero attached hydrogens (tertiary/aromatic N) is 1. The topological polar surface area (TPSA) is 40.5 Å². The van der Waals surface area contributed by atoms with E-state index in [1.165, 1.54) is 6.08 Å². The van der Waals surface area contributed by atoms with Crippen LogP contribution in [-0.4, -0.2) is 23.7 Å². The van der Waals surface area contributed by atoms with Gasteiger partial charge in [0.25, 0.3) is 0 Å². The molecule has 1 aromatic rings. The van der Waals surface area contributed by atoms with Gasteiger partial charge in [0.15, 0.2) is 0 Å². The van der Waals surface area contributed by atoms with Crippen LogP contribution in [0.1, 0.15) is 32.8 Å². The molecule has 1 aromatic carbocycles. The van der Waals surface area contributed by atoms with Crippen molar-refractivity contribution in [2.24, 2.45) is 0 Å². The first-order chi connectivity index (χ1) is 8.60. The quantitative estimate of drug-likeness (QED) is 0.783. The summed E-state index contributed by atoms with van der Waals surface area (Å²) in [6.45, 7) is 7.36. The van der Waals surface area contributed by atoms with Crippen LogP contribution in [0.5, 0.6) is 0 Å². The number of hydrogen-bond acceptors (Lipinski definition) is 2. The van der Waals surface area contributed by atoms with Crippen molar-refractivity contribution >= 4 is 17.7 Å². The first-order valence-electron chi connectivity index (χ1n) is 6.36. The largest absolute Gasteiger partial charge is 0.478 e. The highest BCUT2D eigenvalue weighted by atomic mass is 16.4. The summed E-state index contributed by atoms with van der Waals surface area (Å²) >= 11 is 0. The molecule has 0 aliphatic carbocycles. The average Bonchev–Trinajstić information content (AvgIpc) is 2.38. The van der Waals surface area contributed by atoms with Crippen LogP contribution >= 0.6 is 0 Å². The smallest absolute Gasteiger partial charge is 0.328 e. The van der Waals surface area contributed by atoms with Crippen molar-refractivity contribution in [3.05, 3.63) is 35.9 Å². The van der Waals surface area contributed by atoms with Gasteiger partial charge in [0.05, 0.1) is 0 Å². The van der Waals surface area contributed by atoms with Crippen LogP contribution in [-0.2, 0) is 4.79 Å². The van der Waals surface area contributed by atoms with Crippen LogP contribution in [0.15, 0.2) is 30.3 Å². The predicted molar refractivity (Wildman–Crippen MR) is 75.9 cm³/mol. The third-order valence-corrected chi connectivity index (χ3v) is 3.12. The number of rotatable bonds is 6. The van der Waals surface area contributed by atoms with Gasteiger partial charge in [-0.15, -0.1) is 0 Å². The van der Waals surface area contributed by atoms with Crippen LogP contribution in [0.2, 0.25) is 0 Å². The second-order valence-electron chi connectivity index (χ2n) is 4.27. The second-order valence-corrected chi connectivity index (χ2v) is 4.27. The van der Waals surface area contributed by atoms with E-state index in [4.69, 9.17) is 5.11 Å². The van der Waals surface area contributed by atoms with E-state index in [1.807, 2.05) is 24.3 Å². The summed E-state index contributed by atoms with van der Waals surface area (Å²) in [5.74, 6) is -0.920. The monoisotopic (exact) mass is 247 g/mol. The number of carboxylic acid groups (broad SMARTS) is 1. The molecule has 3 nitrogen and oxygen atoms in total. The van der Waals surface area contributed by atoms with Crippen molar-refractivity contribution < 1.29 is 9.90 Å². The molecule has 3 heteroatoms. The van der Waals surface area contributed by atoms with Gasteiger partial charge in [-0.25, -0.2) is 4.79 Å². The second kappa shape index (κ2) is 6.84. The molecule has 0 fully saturated rings. The van der Waals surface area contributed by atoms with E-state index >= 15 is 0 Å². The molecule has 0 saturated carbocycles. The molecule has 1 N–H and O–H groups in total. The molecule has 0 aliphatic rings. The molecule has 1 rings (SSSR count). The van der Waals surface area contributed by atoms with Gasteiger partial charge in [-0.05, 0) is 38.0 Å². The van der Waals surface area contributed by atoms with Crippen molar-refractivity contribution in [1.29, 1.82) is 0 Å². The van der Waals surface area contributed by atoms with Crippen molar-refractivity contribution in [2.45, 2.75) is 33.2 Å². The number of benzene rings is 1. The molecule has 1 atom stereocenters. The predicted octanol–water partition coefficient (Wildman–Crippen LogP) is 3.41. The molecule has 18 heavy (non-hydrogen) atoms. The fraction of sp³-hybridized carbons (Fsp3) is 0.400. The lowest BCUT2D eigenvalue weighted by atomic mass is 10.1. The van der Waals surface area contributed by atoms with Gasteiger partial charge in [0, 0.05) is 24.4 Å². The molecular weight excluding hydrogens is 226 g/mol. The molecule has 0 bridgehead atoms. The van der Waals surface area contributed by atoms with Crippen molar-refractivity contribution in [3.8, 4) is 0 Å². The number of carboxylic acids is 1. The minimum atomic E-state index is -0.920. The highest BCUT2D eigenvalue weighted by Gasteiger charge is 2.13. The Labute approximate surface area is 109 Å². The molecule has 0 heterocycles. The third-order valence-electron chi connectivity index (χ3n) is 3.12. The molecule has 0 radical (unpaired) electrons. The summed E-state index contributed by atoms with van der Waals surface area (Å²) in [4.78, 5) is 12.9. The summed E-state index contributed by atoms with van der Waals surface area (Å²) in [7, 11) is 0. The van der Waals surface area contributed by atoms with Gasteiger partial charge in [-0.3, -0.25) is 0 Å². The summed E-state index contributed by atoms with van der Waals surface area (Å²) in [5, 5.41) is 8.72. The molecule has 0 spiro atoms. The van der Waals surface area contributed by atoms with E-state index in [9.17, 15) is 4.79 Å². The average molecular weight is 247 g/mol. The summed E-state index contributed by atoms with van der Waals surface area (Å²) in [6.07, 6.45) is 3.90. The van der Waals surface area contributed by atoms with Gasteiger partial charge in [0.1, 0.15) is 0 Å². The number of carbonyl (C=O) groups is 1. The minimum absolute atomic E-state index is 0.439. The van der Waals surface area contributed by atoms with E-state index in [1.54, 1.807) is 6.08 Å². The Bertz CT molecular complexity index is 426. The van der Waals surface area contributed by atoms with Gasteiger partial charge in [-0.1, -0.05) is 25.1 Å². The summed E-state index contributed by atoms with van der Waals surface area (Å²) < 4.78 is 0. The molecule has 0 amide bonds. The Hall–Kier alpha value is -1.77. The van der Waals surface area contributed by atoms with E-state index in [0.717, 1.165) is 24.2 Å². The maximum absolute atomic E-state index is 10.6. The van der Waals surface area contributed by atoms with Crippen LogP contribution in [0.4, 0.5) is 5.69 Å². The lowest BCUT2D eigenvalue weighted by Crippen LogP contribution is -2.32. The normalized spacial score (nSPS) is 12.6. The van der Waals surface area contributed by atoms with Gasteiger partial charge >= 0.3 is 5.97 Å². The Morgan fingerprint density at radius 2 is 2.06 bits per heavy atom. The van der Waals surface area contributed by atoms with Gasteiger partial charge in [0.2, 0.25) is 0 Å². The highest BCUT2D eigenvalue weighted by molar-refractivity contribution is 5.87. The summed E-state index contributed by atoms with van der Waals surface area (Å²) in [6, 6.07) is 8.33. The number of aliphatic carboxylic acids is 1. The first-order valence-corrected chi connectivity index (χ1v) is 6.36. The first kappa shape index (κ1) is 14.3. The summed E-state index contributed by atoms with van der Waals surface area (Å²) in [5.41, 5.74) is 2.04. The molecule has 0 aromatic heterocycles. The Morgan fingerprint density at radius 3 is 2.61 bits per heavy atom. The molecule has 0 aliphatic heterocycles.